The molecule has 0 bridgehead atoms. The van der Waals surface area contributed by atoms with Gasteiger partial charge in [0.2, 0.25) is 5.91 Å². The summed E-state index contributed by atoms with van der Waals surface area (Å²) in [5.74, 6) is 2.10. The molecule has 47 heavy (non-hydrogen) atoms. The number of rotatable bonds is 14. The monoisotopic (exact) mass is 683 g/mol. The molecule has 0 saturated carbocycles. The number of piperidine rings is 1. The van der Waals surface area contributed by atoms with Crippen molar-refractivity contribution in [3.05, 3.63) is 75.3 Å². The van der Waals surface area contributed by atoms with E-state index in [1.165, 1.54) is 5.56 Å². The number of benzene rings is 3. The molecule has 2 saturated heterocycles. The average molecular weight is 685 g/mol. The lowest BCUT2D eigenvalue weighted by Gasteiger charge is -2.28. The second kappa shape index (κ2) is 15.9. The van der Waals surface area contributed by atoms with Gasteiger partial charge in [-0.15, -0.1) is 0 Å². The van der Waals surface area contributed by atoms with Crippen molar-refractivity contribution in [3.8, 4) is 28.4 Å². The molecule has 2 fully saturated rings. The van der Waals surface area contributed by atoms with Crippen molar-refractivity contribution in [1.82, 2.24) is 15.5 Å². The van der Waals surface area contributed by atoms with Gasteiger partial charge in [0.1, 0.15) is 29.5 Å². The summed E-state index contributed by atoms with van der Waals surface area (Å²) in [5.41, 5.74) is 5.31. The molecule has 3 aromatic carbocycles. The molecule has 2 heterocycles. The Hall–Kier alpha value is -3.04. The molecule has 2 aliphatic heterocycles. The summed E-state index contributed by atoms with van der Waals surface area (Å²) in [6, 6.07) is 16.2. The number of amides is 1. The van der Waals surface area contributed by atoms with Crippen molar-refractivity contribution in [2.24, 2.45) is 0 Å². The van der Waals surface area contributed by atoms with Gasteiger partial charge in [0.05, 0.1) is 23.3 Å². The van der Waals surface area contributed by atoms with Crippen LogP contribution < -0.4 is 24.8 Å². The molecular formula is C37H44Cl2FN3O4. The van der Waals surface area contributed by atoms with E-state index >= 15 is 0 Å². The number of nitrogens with zero attached hydrogens (tertiary/aromatic N) is 1. The van der Waals surface area contributed by atoms with Crippen molar-refractivity contribution in [3.63, 3.8) is 0 Å². The maximum atomic E-state index is 13.4. The lowest BCUT2D eigenvalue weighted by atomic mass is 9.96. The lowest BCUT2D eigenvalue weighted by molar-refractivity contribution is -0.119. The molecule has 2 N–H and O–H groups in total. The van der Waals surface area contributed by atoms with Gasteiger partial charge in [-0.1, -0.05) is 53.5 Å². The largest absolute Gasteiger partial charge is 0.493 e. The van der Waals surface area contributed by atoms with E-state index in [4.69, 9.17) is 37.4 Å². The maximum Gasteiger partial charge on any atom is 0.220 e. The molecule has 1 amide bonds. The summed E-state index contributed by atoms with van der Waals surface area (Å²) in [6.07, 6.45) is 4.38. The van der Waals surface area contributed by atoms with Gasteiger partial charge < -0.3 is 29.7 Å². The number of hydrogen-bond acceptors (Lipinski definition) is 6. The number of carbonyl (C=O) groups is 1. The SMILES string of the molecule is CCOc1cc(O[C@H]2CCc3c(-c4cccc(OCCCN5CCC(F)CC5)c4Cl)cccc32)c(Cl)cc1CNC[C@H]1CCC(=O)N1. The van der Waals surface area contributed by atoms with Gasteiger partial charge in [-0.25, -0.2) is 4.39 Å². The number of carbonyl (C=O) groups excluding carboxylic acids is 1. The van der Waals surface area contributed by atoms with E-state index in [2.05, 4.69) is 33.7 Å². The smallest absolute Gasteiger partial charge is 0.220 e. The van der Waals surface area contributed by atoms with Gasteiger partial charge in [-0.3, -0.25) is 4.79 Å². The first-order valence-electron chi connectivity index (χ1n) is 16.9. The average Bonchev–Trinajstić information content (AvgIpc) is 3.68. The first-order valence-corrected chi connectivity index (χ1v) is 17.7. The van der Waals surface area contributed by atoms with Gasteiger partial charge in [0.15, 0.2) is 0 Å². The number of halogens is 3. The zero-order valence-corrected chi connectivity index (χ0v) is 28.5. The second-order valence-electron chi connectivity index (χ2n) is 12.6. The number of nitrogens with one attached hydrogen (secondary N) is 2. The zero-order chi connectivity index (χ0) is 32.8. The summed E-state index contributed by atoms with van der Waals surface area (Å²) < 4.78 is 32.1. The van der Waals surface area contributed by atoms with E-state index in [-0.39, 0.29) is 18.1 Å². The number of alkyl halides is 1. The highest BCUT2D eigenvalue weighted by Crippen LogP contribution is 2.45. The Balaban J connectivity index is 1.11. The van der Waals surface area contributed by atoms with Crippen LogP contribution in [0, 0.1) is 0 Å². The van der Waals surface area contributed by atoms with Crippen molar-refractivity contribution in [1.29, 1.82) is 0 Å². The third kappa shape index (κ3) is 8.34. The van der Waals surface area contributed by atoms with E-state index in [0.29, 0.717) is 67.1 Å². The quantitative estimate of drug-likeness (QED) is 0.170. The first-order chi connectivity index (χ1) is 22.9. The van der Waals surface area contributed by atoms with Crippen LogP contribution in [0.5, 0.6) is 17.2 Å². The molecule has 0 spiro atoms. The molecule has 0 aromatic heterocycles. The van der Waals surface area contributed by atoms with Crippen LogP contribution in [0.3, 0.4) is 0 Å². The van der Waals surface area contributed by atoms with E-state index < -0.39 is 6.17 Å². The Morgan fingerprint density at radius 3 is 2.55 bits per heavy atom. The van der Waals surface area contributed by atoms with Crippen LogP contribution >= 0.6 is 23.2 Å². The van der Waals surface area contributed by atoms with Gasteiger partial charge in [-0.2, -0.15) is 0 Å². The van der Waals surface area contributed by atoms with Gasteiger partial charge in [0, 0.05) is 62.4 Å². The first kappa shape index (κ1) is 33.8. The van der Waals surface area contributed by atoms with Crippen molar-refractivity contribution in [2.45, 2.75) is 76.7 Å². The normalized spacial score (nSPS) is 19.9. The highest BCUT2D eigenvalue weighted by molar-refractivity contribution is 6.35. The fraction of sp³-hybridized carbons (Fsp3) is 0.486. The Bertz CT molecular complexity index is 1550. The maximum absolute atomic E-state index is 13.4. The molecule has 10 heteroatoms. The Morgan fingerprint density at radius 2 is 1.77 bits per heavy atom. The third-order valence-corrected chi connectivity index (χ3v) is 10.0. The topological polar surface area (TPSA) is 72.1 Å². The summed E-state index contributed by atoms with van der Waals surface area (Å²) in [5, 5.41) is 7.55. The molecule has 0 radical (unpaired) electrons. The molecule has 3 aliphatic rings. The molecule has 1 aliphatic carbocycles. The molecule has 0 unspecified atom stereocenters. The van der Waals surface area contributed by atoms with Crippen molar-refractivity contribution >= 4 is 29.1 Å². The zero-order valence-electron chi connectivity index (χ0n) is 27.0. The fourth-order valence-electron chi connectivity index (χ4n) is 6.88. The standard InChI is InChI=1S/C37H44Cl2FN3O4/c1-2-45-34-21-35(31(38)20-24(34)22-41-23-26-10-13-36(44)42-26)47-32-12-11-28-27(6-3-7-29(28)32)30-8-4-9-33(37(30)39)46-19-5-16-43-17-14-25(40)15-18-43/h3-4,6-9,20-21,25-26,32,41H,2,5,10-19,22-23H2,1H3,(H,42,44)/t26-,32+/m1/s1. The van der Waals surface area contributed by atoms with Crippen molar-refractivity contribution in [2.75, 3.05) is 39.4 Å². The predicted molar refractivity (Wildman–Crippen MR) is 185 cm³/mol. The fourth-order valence-corrected chi connectivity index (χ4v) is 7.39. The Kier molecular flexibility index (Phi) is 11.5. The third-order valence-electron chi connectivity index (χ3n) is 9.34. The van der Waals surface area contributed by atoms with Crippen molar-refractivity contribution < 1.29 is 23.4 Å². The van der Waals surface area contributed by atoms with Crippen LogP contribution in [0.2, 0.25) is 10.0 Å². The molecule has 2 atom stereocenters. The summed E-state index contributed by atoms with van der Waals surface area (Å²) in [4.78, 5) is 13.8. The van der Waals surface area contributed by atoms with Crippen LogP contribution in [-0.2, 0) is 17.8 Å². The van der Waals surface area contributed by atoms with Gasteiger partial charge in [-0.05, 0) is 74.3 Å². The van der Waals surface area contributed by atoms with E-state index in [1.54, 1.807) is 0 Å². The van der Waals surface area contributed by atoms with Crippen LogP contribution in [0.25, 0.3) is 11.1 Å². The number of ether oxygens (including phenoxy) is 3. The highest BCUT2D eigenvalue weighted by Gasteiger charge is 2.29. The second-order valence-corrected chi connectivity index (χ2v) is 13.4. The predicted octanol–water partition coefficient (Wildman–Crippen LogP) is 7.70. The molecule has 6 rings (SSSR count). The van der Waals surface area contributed by atoms with Gasteiger partial charge in [0.25, 0.3) is 0 Å². The Labute approximate surface area is 287 Å². The Morgan fingerprint density at radius 1 is 0.957 bits per heavy atom. The van der Waals surface area contributed by atoms with E-state index in [9.17, 15) is 9.18 Å². The summed E-state index contributed by atoms with van der Waals surface area (Å²) in [7, 11) is 0. The molecule has 7 nitrogen and oxygen atoms in total. The highest BCUT2D eigenvalue weighted by atomic mass is 35.5. The minimum absolute atomic E-state index is 0.109. The summed E-state index contributed by atoms with van der Waals surface area (Å²) >= 11 is 13.7. The van der Waals surface area contributed by atoms with Crippen LogP contribution in [0.4, 0.5) is 4.39 Å². The minimum Gasteiger partial charge on any atom is -0.493 e. The summed E-state index contributed by atoms with van der Waals surface area (Å²) in [6.45, 7) is 6.81. The van der Waals surface area contributed by atoms with Crippen LogP contribution in [0.1, 0.15) is 68.2 Å². The molecule has 3 aromatic rings. The van der Waals surface area contributed by atoms with Crippen LogP contribution in [-0.4, -0.2) is 62.4 Å². The molecule has 252 valence electrons. The van der Waals surface area contributed by atoms with E-state index in [0.717, 1.165) is 73.3 Å². The number of likely N-dealkylation sites (tertiary alicyclic amines) is 1. The number of fused-ring (bicyclic) bond motifs is 1. The molecular weight excluding hydrogens is 640 g/mol. The van der Waals surface area contributed by atoms with E-state index in [1.807, 2.05) is 37.3 Å². The number of hydrogen-bond donors (Lipinski definition) is 2. The van der Waals surface area contributed by atoms with Gasteiger partial charge >= 0.3 is 0 Å². The minimum atomic E-state index is -0.657. The van der Waals surface area contributed by atoms with Crippen LogP contribution in [0.15, 0.2) is 48.5 Å². The lowest BCUT2D eigenvalue weighted by Crippen LogP contribution is -2.35.